The molecule has 0 aromatic carbocycles. The minimum Gasteiger partial charge on any atom is -0.478 e. The molecule has 0 spiro atoms. The largest absolute Gasteiger partial charge is 0.478 e. The summed E-state index contributed by atoms with van der Waals surface area (Å²) in [6.45, 7) is 1.25. The number of pyridine rings is 1. The van der Waals surface area contributed by atoms with Crippen LogP contribution in [0, 0.1) is 11.3 Å². The Balaban J connectivity index is 2.96. The van der Waals surface area contributed by atoms with Crippen LogP contribution in [0.3, 0.4) is 0 Å². The maximum absolute atomic E-state index is 11.6. The maximum Gasteiger partial charge on any atom is 0.328 e. The summed E-state index contributed by atoms with van der Waals surface area (Å²) in [4.78, 5) is 14.2. The lowest BCUT2D eigenvalue weighted by molar-refractivity contribution is -0.131. The van der Waals surface area contributed by atoms with E-state index >= 15 is 0 Å². The number of hydrogen-bond acceptors (Lipinski definition) is 5. The van der Waals surface area contributed by atoms with E-state index in [2.05, 4.69) is 9.71 Å². The Morgan fingerprint density at radius 1 is 1.58 bits per heavy atom. The van der Waals surface area contributed by atoms with Crippen molar-refractivity contribution in [3.05, 3.63) is 30.0 Å². The van der Waals surface area contributed by atoms with E-state index in [1.54, 1.807) is 6.07 Å². The van der Waals surface area contributed by atoms with E-state index in [0.717, 1.165) is 6.08 Å². The normalized spacial score (nSPS) is 12.8. The predicted octanol–water partition coefficient (Wildman–Crippen LogP) is 0.833. The first kappa shape index (κ1) is 14.7. The van der Waals surface area contributed by atoms with Gasteiger partial charge in [-0.25, -0.2) is 18.2 Å². The van der Waals surface area contributed by atoms with Gasteiger partial charge in [-0.05, 0) is 25.1 Å². The van der Waals surface area contributed by atoms with Gasteiger partial charge in [0.1, 0.15) is 5.82 Å². The van der Waals surface area contributed by atoms with Crippen molar-refractivity contribution in [3.63, 3.8) is 0 Å². The first-order chi connectivity index (χ1) is 8.85. The topological polar surface area (TPSA) is 120 Å². The number of nitriles is 1. The molecule has 1 heterocycles. The quantitative estimate of drug-likeness (QED) is 0.771. The Labute approximate surface area is 110 Å². The second-order valence-electron chi connectivity index (χ2n) is 3.54. The van der Waals surface area contributed by atoms with Crippen LogP contribution in [-0.4, -0.2) is 29.7 Å². The van der Waals surface area contributed by atoms with Gasteiger partial charge in [0.25, 0.3) is 0 Å². The summed E-state index contributed by atoms with van der Waals surface area (Å²) >= 11 is 0. The molecule has 2 N–H and O–H groups in total. The van der Waals surface area contributed by atoms with Crippen LogP contribution in [-0.2, 0) is 14.8 Å². The summed E-state index contributed by atoms with van der Waals surface area (Å²) in [6.07, 6.45) is 2.12. The van der Waals surface area contributed by atoms with Gasteiger partial charge < -0.3 is 5.11 Å². The fourth-order valence-electron chi connectivity index (χ4n) is 1.06. The Hall–Kier alpha value is -2.40. The summed E-state index contributed by atoms with van der Waals surface area (Å²) in [6, 6.07) is 6.05. The standard InChI is InChI=1S/C11H11N3O4S/c1-8(7-12)19(17,18)14-10-4-2-3-9(13-10)5-6-11(15)16/h2-6,8H,1H3,(H,13,14)(H,15,16). The van der Waals surface area contributed by atoms with Crippen LogP contribution >= 0.6 is 0 Å². The molecular formula is C11H11N3O4S. The molecule has 0 radical (unpaired) electrons. The lowest BCUT2D eigenvalue weighted by atomic mass is 10.3. The Kier molecular flexibility index (Phi) is 4.61. The van der Waals surface area contributed by atoms with E-state index in [-0.39, 0.29) is 11.5 Å². The molecule has 1 atom stereocenters. The zero-order valence-electron chi connectivity index (χ0n) is 9.94. The van der Waals surface area contributed by atoms with Crippen LogP contribution in [0.1, 0.15) is 12.6 Å². The molecule has 1 aromatic heterocycles. The van der Waals surface area contributed by atoms with Crippen molar-refractivity contribution in [1.82, 2.24) is 4.98 Å². The Bertz CT molecular complexity index is 646. The first-order valence-corrected chi connectivity index (χ1v) is 6.69. The van der Waals surface area contributed by atoms with Gasteiger partial charge in [0.05, 0.1) is 11.8 Å². The van der Waals surface area contributed by atoms with Gasteiger partial charge in [0.2, 0.25) is 10.0 Å². The van der Waals surface area contributed by atoms with Crippen molar-refractivity contribution in [2.24, 2.45) is 0 Å². The van der Waals surface area contributed by atoms with Crippen LogP contribution in [0.5, 0.6) is 0 Å². The summed E-state index contributed by atoms with van der Waals surface area (Å²) in [7, 11) is -3.83. The fraction of sp³-hybridized carbons (Fsp3) is 0.182. The number of carboxylic acids is 1. The molecule has 7 nitrogen and oxygen atoms in total. The second kappa shape index (κ2) is 5.97. The molecule has 0 aliphatic carbocycles. The minimum atomic E-state index is -3.83. The van der Waals surface area contributed by atoms with E-state index in [1.165, 1.54) is 31.2 Å². The van der Waals surface area contributed by atoms with Gasteiger partial charge in [-0.3, -0.25) is 4.72 Å². The highest BCUT2D eigenvalue weighted by Gasteiger charge is 2.20. The molecule has 0 saturated heterocycles. The highest BCUT2D eigenvalue weighted by molar-refractivity contribution is 7.93. The van der Waals surface area contributed by atoms with Gasteiger partial charge >= 0.3 is 5.97 Å². The molecule has 0 fully saturated rings. The number of nitrogens with one attached hydrogen (secondary N) is 1. The van der Waals surface area contributed by atoms with E-state index < -0.39 is 21.2 Å². The van der Waals surface area contributed by atoms with E-state index in [1.807, 2.05) is 0 Å². The average molecular weight is 281 g/mol. The number of aromatic nitrogens is 1. The van der Waals surface area contributed by atoms with Crippen LogP contribution in [0.4, 0.5) is 5.82 Å². The number of carbonyl (C=O) groups is 1. The number of rotatable bonds is 5. The third-order valence-electron chi connectivity index (χ3n) is 2.06. The van der Waals surface area contributed by atoms with Crippen LogP contribution in [0.25, 0.3) is 6.08 Å². The molecular weight excluding hydrogens is 270 g/mol. The molecule has 8 heteroatoms. The molecule has 0 saturated carbocycles. The number of nitrogens with zero attached hydrogens (tertiary/aromatic N) is 2. The van der Waals surface area contributed by atoms with Crippen LogP contribution < -0.4 is 4.72 Å². The molecule has 100 valence electrons. The zero-order valence-corrected chi connectivity index (χ0v) is 10.8. The molecule has 1 aromatic rings. The summed E-state index contributed by atoms with van der Waals surface area (Å²) < 4.78 is 25.4. The van der Waals surface area contributed by atoms with Crippen molar-refractivity contribution in [2.45, 2.75) is 12.2 Å². The molecule has 0 amide bonds. The Morgan fingerprint density at radius 3 is 2.84 bits per heavy atom. The summed E-state index contributed by atoms with van der Waals surface area (Å²) in [5.41, 5.74) is 0.284. The highest BCUT2D eigenvalue weighted by Crippen LogP contribution is 2.10. The lowest BCUT2D eigenvalue weighted by Crippen LogP contribution is -2.24. The van der Waals surface area contributed by atoms with Gasteiger partial charge in [0, 0.05) is 6.08 Å². The number of hydrogen-bond donors (Lipinski definition) is 2. The predicted molar refractivity (Wildman–Crippen MR) is 68.5 cm³/mol. The smallest absolute Gasteiger partial charge is 0.328 e. The molecule has 19 heavy (non-hydrogen) atoms. The van der Waals surface area contributed by atoms with Gasteiger partial charge in [-0.15, -0.1) is 0 Å². The maximum atomic E-state index is 11.6. The van der Waals surface area contributed by atoms with Crippen LogP contribution in [0.15, 0.2) is 24.3 Å². The van der Waals surface area contributed by atoms with Crippen molar-refractivity contribution in [1.29, 1.82) is 5.26 Å². The summed E-state index contributed by atoms with van der Waals surface area (Å²) in [5, 5.41) is 15.8. The van der Waals surface area contributed by atoms with Crippen LogP contribution in [0.2, 0.25) is 0 Å². The van der Waals surface area contributed by atoms with E-state index in [0.29, 0.717) is 0 Å². The molecule has 0 aliphatic heterocycles. The average Bonchev–Trinajstić information content (AvgIpc) is 2.35. The lowest BCUT2D eigenvalue weighted by Gasteiger charge is -2.08. The van der Waals surface area contributed by atoms with Gasteiger partial charge in [-0.2, -0.15) is 5.26 Å². The minimum absolute atomic E-state index is 0.0228. The molecule has 1 unspecified atom stereocenters. The SMILES string of the molecule is CC(C#N)S(=O)(=O)Nc1cccc(C=CC(=O)O)n1. The van der Waals surface area contributed by atoms with E-state index in [4.69, 9.17) is 10.4 Å². The zero-order chi connectivity index (χ0) is 14.5. The first-order valence-electron chi connectivity index (χ1n) is 5.14. The second-order valence-corrected chi connectivity index (χ2v) is 5.54. The molecule has 1 rings (SSSR count). The summed E-state index contributed by atoms with van der Waals surface area (Å²) in [5.74, 6) is -1.11. The van der Waals surface area contributed by atoms with Gasteiger partial charge in [0.15, 0.2) is 5.25 Å². The monoisotopic (exact) mass is 281 g/mol. The van der Waals surface area contributed by atoms with Crippen molar-refractivity contribution < 1.29 is 18.3 Å². The third-order valence-corrected chi connectivity index (χ3v) is 3.59. The third kappa shape index (κ3) is 4.40. The van der Waals surface area contributed by atoms with E-state index in [9.17, 15) is 13.2 Å². The number of carboxylic acid groups (broad SMARTS) is 1. The van der Waals surface area contributed by atoms with Gasteiger partial charge in [-0.1, -0.05) is 6.07 Å². The number of anilines is 1. The number of sulfonamides is 1. The van der Waals surface area contributed by atoms with Crippen molar-refractivity contribution >= 4 is 27.9 Å². The number of aliphatic carboxylic acids is 1. The fourth-order valence-corrected chi connectivity index (χ4v) is 1.78. The van der Waals surface area contributed by atoms with Crippen molar-refractivity contribution in [2.75, 3.05) is 4.72 Å². The molecule has 0 aliphatic rings. The highest BCUT2D eigenvalue weighted by atomic mass is 32.2. The van der Waals surface area contributed by atoms with Crippen molar-refractivity contribution in [3.8, 4) is 6.07 Å². The Morgan fingerprint density at radius 2 is 2.26 bits per heavy atom. The molecule has 0 bridgehead atoms.